The van der Waals surface area contributed by atoms with E-state index >= 15 is 0 Å². The molecule has 6 nitrogen and oxygen atoms in total. The minimum atomic E-state index is -1.01. The van der Waals surface area contributed by atoms with Crippen LogP contribution >= 0.6 is 0 Å². The molecule has 1 amide bonds. The Morgan fingerprint density at radius 3 is 2.64 bits per heavy atom. The second-order valence-electron chi connectivity index (χ2n) is 5.35. The maximum Gasteiger partial charge on any atom is 0.251 e. The molecule has 0 spiro atoms. The van der Waals surface area contributed by atoms with E-state index in [-0.39, 0.29) is 25.5 Å². The van der Waals surface area contributed by atoms with E-state index in [1.165, 1.54) is 0 Å². The molecule has 0 saturated heterocycles. The maximum absolute atomic E-state index is 13.1. The van der Waals surface area contributed by atoms with Gasteiger partial charge in [0.05, 0.1) is 0 Å². The molecule has 0 saturated carbocycles. The lowest BCUT2D eigenvalue weighted by molar-refractivity contribution is 0.0843. The number of nitrogens with one attached hydrogen (secondary N) is 1. The Kier molecular flexibility index (Phi) is 4.99. The van der Waals surface area contributed by atoms with Crippen LogP contribution in [0.15, 0.2) is 36.4 Å². The second-order valence-corrected chi connectivity index (χ2v) is 5.35. The van der Waals surface area contributed by atoms with Gasteiger partial charge in [-0.05, 0) is 24.3 Å². The number of halogens is 2. The van der Waals surface area contributed by atoms with E-state index in [1.54, 1.807) is 18.2 Å². The predicted molar refractivity (Wildman–Crippen MR) is 82.8 cm³/mol. The molecule has 0 aromatic heterocycles. The molecule has 2 N–H and O–H groups in total. The van der Waals surface area contributed by atoms with Crippen LogP contribution in [0.4, 0.5) is 8.78 Å². The highest BCUT2D eigenvalue weighted by atomic mass is 19.1. The van der Waals surface area contributed by atoms with Crippen molar-refractivity contribution in [1.82, 2.24) is 5.32 Å². The lowest BCUT2D eigenvalue weighted by Gasteiger charge is -2.13. The SMILES string of the molecule is O=C(NC[C@H](O)COc1ccc2c(c1)OCO2)c1cc(F)cc(F)c1. The van der Waals surface area contributed by atoms with Gasteiger partial charge in [-0.1, -0.05) is 0 Å². The zero-order chi connectivity index (χ0) is 17.8. The monoisotopic (exact) mass is 351 g/mol. The van der Waals surface area contributed by atoms with E-state index in [1.807, 2.05) is 0 Å². The molecule has 1 aliphatic rings. The Hall–Kier alpha value is -2.87. The lowest BCUT2D eigenvalue weighted by atomic mass is 10.2. The third kappa shape index (κ3) is 4.36. The van der Waals surface area contributed by atoms with Gasteiger partial charge in [0.1, 0.15) is 30.1 Å². The summed E-state index contributed by atoms with van der Waals surface area (Å²) in [7, 11) is 0. The van der Waals surface area contributed by atoms with Gasteiger partial charge in [-0.3, -0.25) is 4.79 Å². The van der Waals surface area contributed by atoms with Gasteiger partial charge < -0.3 is 24.6 Å². The largest absolute Gasteiger partial charge is 0.491 e. The Bertz CT molecular complexity index is 763. The smallest absolute Gasteiger partial charge is 0.251 e. The number of carbonyl (C=O) groups is 1. The van der Waals surface area contributed by atoms with Gasteiger partial charge in [0, 0.05) is 24.2 Å². The van der Waals surface area contributed by atoms with Crippen LogP contribution in [-0.2, 0) is 0 Å². The molecular formula is C17H15F2NO5. The minimum absolute atomic E-state index is 0.0859. The summed E-state index contributed by atoms with van der Waals surface area (Å²) in [5.74, 6) is -0.757. The van der Waals surface area contributed by atoms with Gasteiger partial charge in [-0.15, -0.1) is 0 Å². The minimum Gasteiger partial charge on any atom is -0.491 e. The van der Waals surface area contributed by atoms with Gasteiger partial charge in [0.15, 0.2) is 11.5 Å². The summed E-state index contributed by atoms with van der Waals surface area (Å²) in [6.07, 6.45) is -1.01. The molecule has 8 heteroatoms. The first-order valence-electron chi connectivity index (χ1n) is 7.46. The van der Waals surface area contributed by atoms with Gasteiger partial charge >= 0.3 is 0 Å². The van der Waals surface area contributed by atoms with E-state index in [9.17, 15) is 18.7 Å². The van der Waals surface area contributed by atoms with Crippen molar-refractivity contribution in [2.75, 3.05) is 19.9 Å². The van der Waals surface area contributed by atoms with Gasteiger partial charge in [-0.2, -0.15) is 0 Å². The first-order chi connectivity index (χ1) is 12.0. The summed E-state index contributed by atoms with van der Waals surface area (Å²) in [4.78, 5) is 11.8. The Labute approximate surface area is 141 Å². The molecule has 132 valence electrons. The number of rotatable bonds is 6. The van der Waals surface area contributed by atoms with Crippen molar-refractivity contribution in [3.8, 4) is 17.2 Å². The summed E-state index contributed by atoms with van der Waals surface area (Å²) >= 11 is 0. The molecule has 2 aromatic rings. The summed E-state index contributed by atoms with van der Waals surface area (Å²) in [6, 6.07) is 7.47. The molecular weight excluding hydrogens is 336 g/mol. The predicted octanol–water partition coefficient (Wildman–Crippen LogP) is 1.86. The fourth-order valence-corrected chi connectivity index (χ4v) is 2.22. The van der Waals surface area contributed by atoms with Crippen LogP contribution in [0.2, 0.25) is 0 Å². The second kappa shape index (κ2) is 7.35. The third-order valence-electron chi connectivity index (χ3n) is 3.41. The van der Waals surface area contributed by atoms with Crippen molar-refractivity contribution in [3.05, 3.63) is 53.6 Å². The lowest BCUT2D eigenvalue weighted by Crippen LogP contribution is -2.35. The van der Waals surface area contributed by atoms with E-state index in [0.717, 1.165) is 12.1 Å². The number of ether oxygens (including phenoxy) is 3. The Balaban J connectivity index is 1.47. The van der Waals surface area contributed by atoms with Crippen molar-refractivity contribution < 1.29 is 32.9 Å². The van der Waals surface area contributed by atoms with Crippen LogP contribution in [0.3, 0.4) is 0 Å². The average Bonchev–Trinajstić information content (AvgIpc) is 3.04. The average molecular weight is 351 g/mol. The van der Waals surface area contributed by atoms with Crippen LogP contribution in [0.1, 0.15) is 10.4 Å². The molecule has 0 radical (unpaired) electrons. The highest BCUT2D eigenvalue weighted by molar-refractivity contribution is 5.94. The van der Waals surface area contributed by atoms with Gasteiger partial charge in [0.2, 0.25) is 6.79 Å². The number of amides is 1. The van der Waals surface area contributed by atoms with Crippen LogP contribution in [-0.4, -0.2) is 37.1 Å². The molecule has 1 atom stereocenters. The van der Waals surface area contributed by atoms with Crippen LogP contribution < -0.4 is 19.5 Å². The molecule has 0 fully saturated rings. The van der Waals surface area contributed by atoms with Crippen molar-refractivity contribution in [1.29, 1.82) is 0 Å². The Morgan fingerprint density at radius 1 is 1.16 bits per heavy atom. The molecule has 3 rings (SSSR count). The zero-order valence-electron chi connectivity index (χ0n) is 13.0. The number of fused-ring (bicyclic) bond motifs is 1. The summed E-state index contributed by atoms with van der Waals surface area (Å²) in [6.45, 7) is -0.0763. The first-order valence-corrected chi connectivity index (χ1v) is 7.46. The molecule has 0 aliphatic carbocycles. The summed E-state index contributed by atoms with van der Waals surface area (Å²) < 4.78 is 42.0. The van der Waals surface area contributed by atoms with Crippen molar-refractivity contribution in [2.45, 2.75) is 6.10 Å². The molecule has 2 aromatic carbocycles. The topological polar surface area (TPSA) is 77.0 Å². The molecule has 25 heavy (non-hydrogen) atoms. The standard InChI is InChI=1S/C17H15F2NO5/c18-11-3-10(4-12(19)5-11)17(22)20-7-13(21)8-23-14-1-2-15-16(6-14)25-9-24-15/h1-6,13,21H,7-9H2,(H,20,22)/t13-/m0/s1. The van der Waals surface area contributed by atoms with E-state index in [0.29, 0.717) is 23.3 Å². The van der Waals surface area contributed by atoms with E-state index in [4.69, 9.17) is 14.2 Å². The van der Waals surface area contributed by atoms with Crippen molar-refractivity contribution in [3.63, 3.8) is 0 Å². The van der Waals surface area contributed by atoms with Crippen LogP contribution in [0.5, 0.6) is 17.2 Å². The zero-order valence-corrected chi connectivity index (χ0v) is 13.0. The summed E-state index contributed by atoms with van der Waals surface area (Å²) in [5.41, 5.74) is -0.165. The van der Waals surface area contributed by atoms with Gasteiger partial charge in [0.25, 0.3) is 5.91 Å². The number of hydrogen-bond acceptors (Lipinski definition) is 5. The van der Waals surface area contributed by atoms with E-state index < -0.39 is 23.6 Å². The number of carbonyl (C=O) groups excluding carboxylic acids is 1. The fraction of sp³-hybridized carbons (Fsp3) is 0.235. The van der Waals surface area contributed by atoms with Crippen molar-refractivity contribution >= 4 is 5.91 Å². The molecule has 0 bridgehead atoms. The normalized spacial score (nSPS) is 13.4. The quantitative estimate of drug-likeness (QED) is 0.831. The van der Waals surface area contributed by atoms with Crippen LogP contribution in [0, 0.1) is 11.6 Å². The fourth-order valence-electron chi connectivity index (χ4n) is 2.22. The van der Waals surface area contributed by atoms with Gasteiger partial charge in [-0.25, -0.2) is 8.78 Å². The summed E-state index contributed by atoms with van der Waals surface area (Å²) in [5, 5.41) is 12.2. The molecule has 0 unspecified atom stereocenters. The maximum atomic E-state index is 13.1. The number of aliphatic hydroxyl groups excluding tert-OH is 1. The number of benzene rings is 2. The number of aliphatic hydroxyl groups is 1. The highest BCUT2D eigenvalue weighted by Gasteiger charge is 2.15. The number of hydrogen-bond donors (Lipinski definition) is 2. The van der Waals surface area contributed by atoms with E-state index in [2.05, 4.69) is 5.32 Å². The first kappa shape index (κ1) is 17.0. The molecule has 1 aliphatic heterocycles. The highest BCUT2D eigenvalue weighted by Crippen LogP contribution is 2.35. The Morgan fingerprint density at radius 2 is 1.88 bits per heavy atom. The van der Waals surface area contributed by atoms with Crippen LogP contribution in [0.25, 0.3) is 0 Å². The third-order valence-corrected chi connectivity index (χ3v) is 3.41. The van der Waals surface area contributed by atoms with Crippen molar-refractivity contribution in [2.24, 2.45) is 0 Å². The molecule has 1 heterocycles.